The van der Waals surface area contributed by atoms with E-state index < -0.39 is 9.84 Å². The summed E-state index contributed by atoms with van der Waals surface area (Å²) in [5.74, 6) is 0.624. The Morgan fingerprint density at radius 3 is 2.78 bits per heavy atom. The fourth-order valence-electron chi connectivity index (χ4n) is 3.04. The van der Waals surface area contributed by atoms with Crippen LogP contribution in [0.15, 0.2) is 0 Å². The van der Waals surface area contributed by atoms with Crippen LogP contribution in [0.3, 0.4) is 0 Å². The van der Waals surface area contributed by atoms with Crippen LogP contribution < -0.4 is 5.73 Å². The topological polar surface area (TPSA) is 72.6 Å². The summed E-state index contributed by atoms with van der Waals surface area (Å²) in [5, 5.41) is 0. The van der Waals surface area contributed by atoms with Crippen molar-refractivity contribution < 1.29 is 13.2 Å². The van der Waals surface area contributed by atoms with Crippen molar-refractivity contribution >= 4 is 9.84 Å². The molecule has 2 N–H and O–H groups in total. The number of ether oxygens (including phenoxy) is 1. The highest BCUT2D eigenvalue weighted by molar-refractivity contribution is 7.91. The van der Waals surface area contributed by atoms with Gasteiger partial charge in [-0.3, -0.25) is 0 Å². The second-order valence-corrected chi connectivity index (χ2v) is 8.06. The van der Waals surface area contributed by atoms with E-state index in [1.807, 2.05) is 7.05 Å². The zero-order valence-corrected chi connectivity index (χ0v) is 11.9. The first-order chi connectivity index (χ1) is 8.46. The van der Waals surface area contributed by atoms with Gasteiger partial charge in [0, 0.05) is 31.2 Å². The van der Waals surface area contributed by atoms with Crippen molar-refractivity contribution in [3.05, 3.63) is 0 Å². The van der Waals surface area contributed by atoms with Crippen LogP contribution in [0.5, 0.6) is 0 Å². The molecule has 0 saturated carbocycles. The zero-order chi connectivity index (χ0) is 13.2. The zero-order valence-electron chi connectivity index (χ0n) is 11.1. The third-order valence-electron chi connectivity index (χ3n) is 4.25. The molecule has 0 aromatic rings. The van der Waals surface area contributed by atoms with E-state index in [2.05, 4.69) is 4.90 Å². The Morgan fingerprint density at radius 2 is 2.28 bits per heavy atom. The molecule has 106 valence electrons. The van der Waals surface area contributed by atoms with Gasteiger partial charge in [0.1, 0.15) is 0 Å². The molecule has 18 heavy (non-hydrogen) atoms. The smallest absolute Gasteiger partial charge is 0.151 e. The first-order valence-electron chi connectivity index (χ1n) is 6.65. The largest absolute Gasteiger partial charge is 0.381 e. The monoisotopic (exact) mass is 276 g/mol. The Balaban J connectivity index is 1.95. The molecule has 0 radical (unpaired) electrons. The molecule has 2 fully saturated rings. The summed E-state index contributed by atoms with van der Waals surface area (Å²) in [6, 6.07) is 0.153. The van der Waals surface area contributed by atoms with Crippen LogP contribution in [-0.2, 0) is 14.6 Å². The fraction of sp³-hybridized carbons (Fsp3) is 1.00. The van der Waals surface area contributed by atoms with Crippen LogP contribution in [0.1, 0.15) is 19.3 Å². The van der Waals surface area contributed by atoms with E-state index in [-0.39, 0.29) is 11.5 Å². The van der Waals surface area contributed by atoms with Crippen molar-refractivity contribution in [1.29, 1.82) is 0 Å². The molecule has 2 atom stereocenters. The summed E-state index contributed by atoms with van der Waals surface area (Å²) in [5.41, 5.74) is 5.93. The minimum Gasteiger partial charge on any atom is -0.381 e. The molecule has 2 aliphatic heterocycles. The van der Waals surface area contributed by atoms with Crippen LogP contribution >= 0.6 is 0 Å². The molecule has 0 aromatic carbocycles. The minimum atomic E-state index is -2.81. The number of nitrogens with zero attached hydrogens (tertiary/aromatic N) is 1. The van der Waals surface area contributed by atoms with Gasteiger partial charge in [0.25, 0.3) is 0 Å². The molecule has 6 heteroatoms. The lowest BCUT2D eigenvalue weighted by Gasteiger charge is -2.40. The summed E-state index contributed by atoms with van der Waals surface area (Å²) < 4.78 is 28.6. The van der Waals surface area contributed by atoms with E-state index in [4.69, 9.17) is 10.5 Å². The highest BCUT2D eigenvalue weighted by atomic mass is 32.2. The van der Waals surface area contributed by atoms with Gasteiger partial charge in [-0.25, -0.2) is 8.42 Å². The quantitative estimate of drug-likeness (QED) is 0.774. The average molecular weight is 276 g/mol. The van der Waals surface area contributed by atoms with Crippen LogP contribution in [0.2, 0.25) is 0 Å². The van der Waals surface area contributed by atoms with Crippen molar-refractivity contribution in [1.82, 2.24) is 4.90 Å². The SMILES string of the molecule is CN(CC1(CN)CCCOC1)C1CCS(=O)(=O)C1. The van der Waals surface area contributed by atoms with Crippen molar-refractivity contribution in [2.24, 2.45) is 11.1 Å². The lowest BCUT2D eigenvalue weighted by molar-refractivity contribution is -0.0225. The molecule has 0 spiro atoms. The molecule has 2 heterocycles. The first-order valence-corrected chi connectivity index (χ1v) is 8.47. The van der Waals surface area contributed by atoms with E-state index in [1.165, 1.54) is 0 Å². The van der Waals surface area contributed by atoms with Crippen LogP contribution in [0.25, 0.3) is 0 Å². The molecule has 0 amide bonds. The van der Waals surface area contributed by atoms with Crippen molar-refractivity contribution in [3.8, 4) is 0 Å². The molecule has 2 rings (SSSR count). The van der Waals surface area contributed by atoms with E-state index in [0.29, 0.717) is 24.7 Å². The minimum absolute atomic E-state index is 0.0132. The number of nitrogens with two attached hydrogens (primary N) is 1. The summed E-state index contributed by atoms with van der Waals surface area (Å²) in [6.07, 6.45) is 2.88. The average Bonchev–Trinajstić information content (AvgIpc) is 2.71. The normalized spacial score (nSPS) is 36.1. The molecule has 0 aromatic heterocycles. The molecule has 2 aliphatic rings. The summed E-state index contributed by atoms with van der Waals surface area (Å²) in [4.78, 5) is 2.17. The van der Waals surface area contributed by atoms with Crippen LogP contribution in [0, 0.1) is 5.41 Å². The van der Waals surface area contributed by atoms with Gasteiger partial charge < -0.3 is 15.4 Å². The molecule has 5 nitrogen and oxygen atoms in total. The van der Waals surface area contributed by atoms with E-state index in [0.717, 1.165) is 32.4 Å². The second kappa shape index (κ2) is 5.45. The maximum atomic E-state index is 11.5. The summed E-state index contributed by atoms with van der Waals surface area (Å²) in [6.45, 7) is 2.97. The van der Waals surface area contributed by atoms with Gasteiger partial charge in [0.05, 0.1) is 18.1 Å². The third kappa shape index (κ3) is 3.23. The second-order valence-electron chi connectivity index (χ2n) is 5.83. The number of hydrogen-bond acceptors (Lipinski definition) is 5. The van der Waals surface area contributed by atoms with Crippen molar-refractivity contribution in [3.63, 3.8) is 0 Å². The summed E-state index contributed by atoms with van der Waals surface area (Å²) >= 11 is 0. The van der Waals surface area contributed by atoms with E-state index in [9.17, 15) is 8.42 Å². The lowest BCUT2D eigenvalue weighted by Crippen LogP contribution is -2.49. The molecule has 0 bridgehead atoms. The molecule has 2 saturated heterocycles. The Kier molecular flexibility index (Phi) is 4.31. The maximum absolute atomic E-state index is 11.5. The Morgan fingerprint density at radius 1 is 1.50 bits per heavy atom. The van der Waals surface area contributed by atoms with Gasteiger partial charge in [-0.1, -0.05) is 0 Å². The van der Waals surface area contributed by atoms with Crippen LogP contribution in [0.4, 0.5) is 0 Å². The fourth-order valence-corrected chi connectivity index (χ4v) is 4.85. The predicted octanol–water partition coefficient (Wildman–Crippen LogP) is -0.139. The number of hydrogen-bond donors (Lipinski definition) is 1. The van der Waals surface area contributed by atoms with Crippen molar-refractivity contribution in [2.75, 3.05) is 44.9 Å². The first kappa shape index (κ1) is 14.2. The van der Waals surface area contributed by atoms with Crippen molar-refractivity contribution in [2.45, 2.75) is 25.3 Å². The van der Waals surface area contributed by atoms with Gasteiger partial charge in [0.15, 0.2) is 9.84 Å². The molecule has 0 aliphatic carbocycles. The third-order valence-corrected chi connectivity index (χ3v) is 6.00. The molecule has 2 unspecified atom stereocenters. The highest BCUT2D eigenvalue weighted by Crippen LogP contribution is 2.30. The van der Waals surface area contributed by atoms with Gasteiger partial charge >= 0.3 is 0 Å². The van der Waals surface area contributed by atoms with Crippen LogP contribution in [-0.4, -0.2) is 64.2 Å². The Bertz CT molecular complexity index is 377. The van der Waals surface area contributed by atoms with E-state index in [1.54, 1.807) is 0 Å². The van der Waals surface area contributed by atoms with Gasteiger partial charge in [-0.05, 0) is 26.3 Å². The lowest BCUT2D eigenvalue weighted by atomic mass is 9.82. The number of sulfone groups is 1. The Hall–Kier alpha value is -0.170. The van der Waals surface area contributed by atoms with E-state index >= 15 is 0 Å². The maximum Gasteiger partial charge on any atom is 0.151 e. The van der Waals surface area contributed by atoms with Gasteiger partial charge in [0.2, 0.25) is 0 Å². The number of rotatable bonds is 4. The Labute approximate surface area is 110 Å². The highest BCUT2D eigenvalue weighted by Gasteiger charge is 2.37. The standard InChI is InChI=1S/C12H24N2O3S/c1-14(11-3-6-18(15,16)7-11)9-12(8-13)4-2-5-17-10-12/h11H,2-10,13H2,1H3. The summed E-state index contributed by atoms with van der Waals surface area (Å²) in [7, 11) is -0.801. The molecular formula is C12H24N2O3S. The molecular weight excluding hydrogens is 252 g/mol. The van der Waals surface area contributed by atoms with Gasteiger partial charge in [-0.15, -0.1) is 0 Å². The van der Waals surface area contributed by atoms with Gasteiger partial charge in [-0.2, -0.15) is 0 Å². The predicted molar refractivity (Wildman–Crippen MR) is 71.2 cm³/mol.